The lowest BCUT2D eigenvalue weighted by molar-refractivity contribution is -0.192. The molecule has 1 amide bonds. The maximum Gasteiger partial charge on any atom is 0.490 e. The van der Waals surface area contributed by atoms with Crippen molar-refractivity contribution in [2.24, 2.45) is 0 Å². The van der Waals surface area contributed by atoms with Crippen molar-refractivity contribution in [2.45, 2.75) is 12.6 Å². The molecule has 0 fully saturated rings. The smallest absolute Gasteiger partial charge is 0.490 e. The number of rotatable bonds is 6. The van der Waals surface area contributed by atoms with Crippen LogP contribution in [0.15, 0.2) is 58.0 Å². The molecule has 0 unspecified atom stereocenters. The van der Waals surface area contributed by atoms with Crippen LogP contribution in [0.2, 0.25) is 5.02 Å². The van der Waals surface area contributed by atoms with Gasteiger partial charge in [-0.1, -0.05) is 11.6 Å². The van der Waals surface area contributed by atoms with Crippen LogP contribution in [0.5, 0.6) is 5.75 Å². The number of carbonyl (C=O) groups excluding carboxylic acids is 1. The second-order valence-electron chi connectivity index (χ2n) is 6.07. The van der Waals surface area contributed by atoms with Crippen LogP contribution >= 0.6 is 11.6 Å². The third-order valence-corrected chi connectivity index (χ3v) is 3.95. The second kappa shape index (κ2) is 11.1. The number of carboxylic acid groups (broad SMARTS) is 1. The van der Waals surface area contributed by atoms with Crippen LogP contribution < -0.4 is 15.7 Å². The number of pyridine rings is 1. The van der Waals surface area contributed by atoms with Gasteiger partial charge in [0.05, 0.1) is 18.1 Å². The Balaban J connectivity index is 0.000000451. The quantitative estimate of drug-likeness (QED) is 0.415. The fourth-order valence-electron chi connectivity index (χ4n) is 2.29. The van der Waals surface area contributed by atoms with Gasteiger partial charge in [0.1, 0.15) is 11.3 Å². The molecule has 1 aromatic carbocycles. The number of amides is 1. The fourth-order valence-corrected chi connectivity index (χ4v) is 2.46. The molecule has 0 bridgehead atoms. The van der Waals surface area contributed by atoms with Crippen molar-refractivity contribution in [3.05, 3.63) is 69.8 Å². The monoisotopic (exact) mass is 472 g/mol. The van der Waals surface area contributed by atoms with E-state index in [1.54, 1.807) is 42.7 Å². The highest BCUT2D eigenvalue weighted by atomic mass is 35.5. The Morgan fingerprint density at radius 3 is 2.44 bits per heavy atom. The van der Waals surface area contributed by atoms with E-state index in [2.05, 4.69) is 10.3 Å². The molecule has 0 spiro atoms. The summed E-state index contributed by atoms with van der Waals surface area (Å²) in [7, 11) is 0. The molecule has 0 aliphatic carbocycles. The van der Waals surface area contributed by atoms with Crippen molar-refractivity contribution in [1.29, 1.82) is 0 Å². The average molecular weight is 473 g/mol. The van der Waals surface area contributed by atoms with Crippen LogP contribution in [0.25, 0.3) is 11.0 Å². The van der Waals surface area contributed by atoms with Gasteiger partial charge in [-0.3, -0.25) is 9.78 Å². The molecule has 2 N–H and O–H groups in total. The van der Waals surface area contributed by atoms with Gasteiger partial charge in [-0.2, -0.15) is 13.2 Å². The van der Waals surface area contributed by atoms with Crippen molar-refractivity contribution in [3.8, 4) is 5.75 Å². The summed E-state index contributed by atoms with van der Waals surface area (Å²) in [6.07, 6.45) is -1.37. The van der Waals surface area contributed by atoms with Crippen molar-refractivity contribution in [2.75, 3.05) is 13.2 Å². The predicted molar refractivity (Wildman–Crippen MR) is 108 cm³/mol. The standard InChI is InChI=1S/C18H15ClN2O4.C2HF3O2/c19-13-2-3-15-14(10-13)16(11-17(22)25-15)24-9-1-6-21-18(23)12-4-7-20-8-5-12;3-2(4,5)1(6)7/h2-5,7-8,10-11H,1,6,9H2,(H,21,23);(H,6,7). The van der Waals surface area contributed by atoms with Crippen LogP contribution in [0.1, 0.15) is 16.8 Å². The highest BCUT2D eigenvalue weighted by Crippen LogP contribution is 2.26. The molecule has 12 heteroatoms. The normalized spacial score (nSPS) is 10.8. The Bertz CT molecular complexity index is 1140. The molecule has 2 heterocycles. The molecule has 170 valence electrons. The number of halogens is 4. The van der Waals surface area contributed by atoms with E-state index >= 15 is 0 Å². The lowest BCUT2D eigenvalue weighted by Gasteiger charge is -2.09. The van der Waals surface area contributed by atoms with Gasteiger partial charge in [-0.05, 0) is 36.8 Å². The van der Waals surface area contributed by atoms with Gasteiger partial charge in [0.2, 0.25) is 0 Å². The van der Waals surface area contributed by atoms with E-state index in [0.717, 1.165) is 0 Å². The highest BCUT2D eigenvalue weighted by Gasteiger charge is 2.38. The highest BCUT2D eigenvalue weighted by molar-refractivity contribution is 6.31. The number of alkyl halides is 3. The van der Waals surface area contributed by atoms with Crippen LogP contribution in [0, 0.1) is 0 Å². The fraction of sp³-hybridized carbons (Fsp3) is 0.200. The molecule has 0 saturated heterocycles. The first kappa shape index (κ1) is 24.7. The van der Waals surface area contributed by atoms with E-state index < -0.39 is 17.8 Å². The molecule has 0 atom stereocenters. The summed E-state index contributed by atoms with van der Waals surface area (Å²) in [5.74, 6) is -2.51. The number of hydrogen-bond donors (Lipinski definition) is 2. The van der Waals surface area contributed by atoms with Crippen LogP contribution in [0.3, 0.4) is 0 Å². The number of ether oxygens (including phenoxy) is 1. The first-order chi connectivity index (χ1) is 15.1. The summed E-state index contributed by atoms with van der Waals surface area (Å²) in [5.41, 5.74) is 0.478. The summed E-state index contributed by atoms with van der Waals surface area (Å²) < 4.78 is 42.5. The van der Waals surface area contributed by atoms with E-state index in [-0.39, 0.29) is 5.91 Å². The van der Waals surface area contributed by atoms with Gasteiger partial charge >= 0.3 is 17.8 Å². The van der Waals surface area contributed by atoms with E-state index in [1.807, 2.05) is 0 Å². The Kier molecular flexibility index (Phi) is 8.59. The van der Waals surface area contributed by atoms with E-state index in [0.29, 0.717) is 46.9 Å². The van der Waals surface area contributed by atoms with E-state index in [9.17, 15) is 22.8 Å². The Labute approximate surface area is 183 Å². The molecule has 3 rings (SSSR count). The zero-order chi connectivity index (χ0) is 23.7. The molecule has 3 aromatic rings. The van der Waals surface area contributed by atoms with Crippen molar-refractivity contribution in [1.82, 2.24) is 10.3 Å². The van der Waals surface area contributed by atoms with Gasteiger partial charge in [0.25, 0.3) is 5.91 Å². The molecule has 2 aromatic heterocycles. The van der Waals surface area contributed by atoms with Gasteiger partial charge in [-0.15, -0.1) is 0 Å². The lowest BCUT2D eigenvalue weighted by Crippen LogP contribution is -2.25. The molecule has 0 aliphatic heterocycles. The van der Waals surface area contributed by atoms with Crippen molar-refractivity contribution in [3.63, 3.8) is 0 Å². The first-order valence-corrected chi connectivity index (χ1v) is 9.30. The number of aromatic nitrogens is 1. The largest absolute Gasteiger partial charge is 0.492 e. The summed E-state index contributed by atoms with van der Waals surface area (Å²) in [4.78, 5) is 36.2. The summed E-state index contributed by atoms with van der Waals surface area (Å²) in [5, 5.41) is 11.1. The predicted octanol–water partition coefficient (Wildman–Crippen LogP) is 3.67. The van der Waals surface area contributed by atoms with Crippen molar-refractivity contribution >= 4 is 34.4 Å². The molecule has 0 aliphatic rings. The zero-order valence-corrected chi connectivity index (χ0v) is 16.9. The van der Waals surface area contributed by atoms with Gasteiger partial charge in [-0.25, -0.2) is 9.59 Å². The van der Waals surface area contributed by atoms with Gasteiger partial charge in [0, 0.05) is 29.5 Å². The van der Waals surface area contributed by atoms with E-state index in [1.165, 1.54) is 6.07 Å². The van der Waals surface area contributed by atoms with Crippen LogP contribution in [-0.4, -0.2) is 41.3 Å². The average Bonchev–Trinajstić information content (AvgIpc) is 2.74. The molecular formula is C20H16ClF3N2O6. The van der Waals surface area contributed by atoms with Crippen LogP contribution in [-0.2, 0) is 4.79 Å². The van der Waals surface area contributed by atoms with E-state index in [4.69, 9.17) is 30.7 Å². The number of carbonyl (C=O) groups is 2. The molecule has 32 heavy (non-hydrogen) atoms. The lowest BCUT2D eigenvalue weighted by atomic mass is 10.2. The summed E-state index contributed by atoms with van der Waals surface area (Å²) >= 11 is 5.98. The van der Waals surface area contributed by atoms with Gasteiger partial charge < -0.3 is 19.6 Å². The molecule has 0 saturated carbocycles. The number of benzene rings is 1. The SMILES string of the molecule is O=C(NCCCOc1cc(=O)oc2ccc(Cl)cc12)c1ccncc1.O=C(O)C(F)(F)F. The summed E-state index contributed by atoms with van der Waals surface area (Å²) in [6.45, 7) is 0.781. The number of aliphatic carboxylic acids is 1. The number of fused-ring (bicyclic) bond motifs is 1. The Morgan fingerprint density at radius 2 is 1.81 bits per heavy atom. The number of nitrogens with zero attached hydrogens (tertiary/aromatic N) is 1. The molecular weight excluding hydrogens is 457 g/mol. The first-order valence-electron chi connectivity index (χ1n) is 8.92. The Hall–Kier alpha value is -3.60. The number of carboxylic acids is 1. The van der Waals surface area contributed by atoms with Gasteiger partial charge in [0.15, 0.2) is 0 Å². The third-order valence-electron chi connectivity index (χ3n) is 3.72. The minimum absolute atomic E-state index is 0.167. The van der Waals surface area contributed by atoms with Crippen LogP contribution in [0.4, 0.5) is 13.2 Å². The molecule has 0 radical (unpaired) electrons. The Morgan fingerprint density at radius 1 is 1.16 bits per heavy atom. The molecule has 8 nitrogen and oxygen atoms in total. The van der Waals surface area contributed by atoms with Crippen molar-refractivity contribution < 1.29 is 37.0 Å². The minimum atomic E-state index is -5.08. The second-order valence-corrected chi connectivity index (χ2v) is 6.50. The maximum absolute atomic E-state index is 11.9. The number of hydrogen-bond acceptors (Lipinski definition) is 6. The summed E-state index contributed by atoms with van der Waals surface area (Å²) in [6, 6.07) is 9.52. The third kappa shape index (κ3) is 7.58. The minimum Gasteiger partial charge on any atom is -0.492 e. The topological polar surface area (TPSA) is 119 Å². The maximum atomic E-state index is 11.9. The number of nitrogens with one attached hydrogen (secondary N) is 1. The zero-order valence-electron chi connectivity index (χ0n) is 16.2.